The first-order chi connectivity index (χ1) is 17.5. The van der Waals surface area contributed by atoms with Gasteiger partial charge in [0.1, 0.15) is 18.1 Å². The topological polar surface area (TPSA) is 126 Å². The summed E-state index contributed by atoms with van der Waals surface area (Å²) in [5.41, 5.74) is 6.73. The second-order valence-corrected chi connectivity index (χ2v) is 8.61. The second kappa shape index (κ2) is 11.8. The van der Waals surface area contributed by atoms with Crippen LogP contribution in [0.4, 0.5) is 0 Å². The van der Waals surface area contributed by atoms with Gasteiger partial charge in [0.2, 0.25) is 0 Å². The lowest BCUT2D eigenvalue weighted by atomic mass is 9.85. The number of rotatable bonds is 9. The Labute approximate surface area is 209 Å². The van der Waals surface area contributed by atoms with Crippen molar-refractivity contribution >= 4 is 17.8 Å². The van der Waals surface area contributed by atoms with Gasteiger partial charge in [-0.05, 0) is 5.56 Å². The SMILES string of the molecule is COC(=O)C1=CC(C(=O)OCc2ccccc2)C(c2nc(C(N)=O)cn2CCN2CCOCC2)C=C1. The molecule has 2 N–H and O–H groups in total. The van der Waals surface area contributed by atoms with Crippen molar-refractivity contribution in [2.45, 2.75) is 19.1 Å². The van der Waals surface area contributed by atoms with Crippen LogP contribution >= 0.6 is 0 Å². The fourth-order valence-electron chi connectivity index (χ4n) is 4.29. The molecule has 0 radical (unpaired) electrons. The molecule has 1 aliphatic heterocycles. The first-order valence-corrected chi connectivity index (χ1v) is 11.8. The average Bonchev–Trinajstić information content (AvgIpc) is 3.35. The predicted octanol–water partition coefficient (Wildman–Crippen LogP) is 1.43. The molecule has 2 aromatic rings. The summed E-state index contributed by atoms with van der Waals surface area (Å²) < 4.78 is 17.7. The maximum atomic E-state index is 13.3. The molecule has 1 aromatic carbocycles. The van der Waals surface area contributed by atoms with E-state index in [-0.39, 0.29) is 17.9 Å². The minimum absolute atomic E-state index is 0.0893. The molecule has 1 aromatic heterocycles. The van der Waals surface area contributed by atoms with Crippen LogP contribution in [0.15, 0.2) is 60.3 Å². The van der Waals surface area contributed by atoms with E-state index in [1.165, 1.54) is 13.2 Å². The number of morpholine rings is 1. The van der Waals surface area contributed by atoms with Crippen molar-refractivity contribution in [2.24, 2.45) is 11.7 Å². The van der Waals surface area contributed by atoms with Gasteiger partial charge in [-0.15, -0.1) is 0 Å². The van der Waals surface area contributed by atoms with E-state index in [0.717, 1.165) is 18.7 Å². The number of benzene rings is 1. The number of primary amides is 1. The van der Waals surface area contributed by atoms with E-state index in [1.807, 2.05) is 34.9 Å². The molecule has 1 amide bonds. The fourth-order valence-corrected chi connectivity index (χ4v) is 4.29. The first kappa shape index (κ1) is 25.3. The molecule has 0 saturated carbocycles. The van der Waals surface area contributed by atoms with Crippen LogP contribution in [0.1, 0.15) is 27.8 Å². The molecule has 2 atom stereocenters. The maximum Gasteiger partial charge on any atom is 0.337 e. The van der Waals surface area contributed by atoms with Crippen LogP contribution in [0.25, 0.3) is 0 Å². The van der Waals surface area contributed by atoms with Crippen LogP contribution < -0.4 is 5.73 Å². The van der Waals surface area contributed by atoms with Gasteiger partial charge in [-0.1, -0.05) is 48.6 Å². The van der Waals surface area contributed by atoms with Crippen molar-refractivity contribution in [3.05, 3.63) is 77.4 Å². The quantitative estimate of drug-likeness (QED) is 0.519. The molecule has 10 heteroatoms. The number of ether oxygens (including phenoxy) is 3. The van der Waals surface area contributed by atoms with Gasteiger partial charge in [0.25, 0.3) is 5.91 Å². The Kier molecular flexibility index (Phi) is 8.29. The van der Waals surface area contributed by atoms with E-state index in [4.69, 9.17) is 19.9 Å². The molecule has 2 aliphatic rings. The third-order valence-electron chi connectivity index (χ3n) is 6.27. The summed E-state index contributed by atoms with van der Waals surface area (Å²) >= 11 is 0. The summed E-state index contributed by atoms with van der Waals surface area (Å²) in [7, 11) is 1.28. The number of imidazole rings is 1. The minimum Gasteiger partial charge on any atom is -0.465 e. The van der Waals surface area contributed by atoms with Crippen LogP contribution in [0.2, 0.25) is 0 Å². The summed E-state index contributed by atoms with van der Waals surface area (Å²) in [6, 6.07) is 9.33. The summed E-state index contributed by atoms with van der Waals surface area (Å²) in [6.45, 7) is 4.32. The standard InChI is InChI=1S/C26H30N4O6/c1-34-25(32)19-7-8-20(21(15-19)26(33)36-17-18-5-3-2-4-6-18)24-28-22(23(27)31)16-30(24)10-9-29-11-13-35-14-12-29/h2-8,15-16,20-21H,9-14,17H2,1H3,(H2,27,31). The normalized spacial score (nSPS) is 20.0. The molecule has 0 bridgehead atoms. The van der Waals surface area contributed by atoms with Crippen molar-refractivity contribution in [3.8, 4) is 0 Å². The zero-order chi connectivity index (χ0) is 25.5. The van der Waals surface area contributed by atoms with Gasteiger partial charge in [0.15, 0.2) is 0 Å². The molecule has 36 heavy (non-hydrogen) atoms. The highest BCUT2D eigenvalue weighted by Crippen LogP contribution is 2.33. The van der Waals surface area contributed by atoms with Crippen molar-refractivity contribution in [1.82, 2.24) is 14.5 Å². The molecule has 4 rings (SSSR count). The Hall–Kier alpha value is -3.76. The lowest BCUT2D eigenvalue weighted by Crippen LogP contribution is -2.38. The number of hydrogen-bond acceptors (Lipinski definition) is 8. The summed E-state index contributed by atoms with van der Waals surface area (Å²) in [6.07, 6.45) is 6.47. The summed E-state index contributed by atoms with van der Waals surface area (Å²) in [5, 5.41) is 0. The Morgan fingerprint density at radius 2 is 1.89 bits per heavy atom. The highest BCUT2D eigenvalue weighted by Gasteiger charge is 2.35. The first-order valence-electron chi connectivity index (χ1n) is 11.8. The molecule has 1 fully saturated rings. The van der Waals surface area contributed by atoms with Gasteiger partial charge >= 0.3 is 11.9 Å². The zero-order valence-corrected chi connectivity index (χ0v) is 20.2. The van der Waals surface area contributed by atoms with E-state index >= 15 is 0 Å². The van der Waals surface area contributed by atoms with Gasteiger partial charge in [0, 0.05) is 32.4 Å². The number of amides is 1. The Morgan fingerprint density at radius 3 is 2.58 bits per heavy atom. The van der Waals surface area contributed by atoms with E-state index in [1.54, 1.807) is 18.3 Å². The second-order valence-electron chi connectivity index (χ2n) is 8.61. The number of carbonyl (C=O) groups is 3. The Balaban J connectivity index is 1.60. The van der Waals surface area contributed by atoms with Gasteiger partial charge < -0.3 is 24.5 Å². The van der Waals surface area contributed by atoms with E-state index < -0.39 is 29.7 Å². The zero-order valence-electron chi connectivity index (χ0n) is 20.2. The Bertz CT molecular complexity index is 1150. The monoisotopic (exact) mass is 494 g/mol. The number of nitrogens with two attached hydrogens (primary N) is 1. The predicted molar refractivity (Wildman–Crippen MR) is 130 cm³/mol. The van der Waals surface area contributed by atoms with Crippen molar-refractivity contribution < 1.29 is 28.6 Å². The minimum atomic E-state index is -0.849. The summed E-state index contributed by atoms with van der Waals surface area (Å²) in [4.78, 5) is 44.2. The number of carbonyl (C=O) groups excluding carboxylic acids is 3. The lowest BCUT2D eigenvalue weighted by Gasteiger charge is -2.28. The lowest BCUT2D eigenvalue weighted by molar-refractivity contribution is -0.148. The van der Waals surface area contributed by atoms with Crippen LogP contribution in [0.3, 0.4) is 0 Å². The molecule has 10 nitrogen and oxygen atoms in total. The van der Waals surface area contributed by atoms with Crippen LogP contribution in [-0.4, -0.2) is 72.3 Å². The fraction of sp³-hybridized carbons (Fsp3) is 0.385. The van der Waals surface area contributed by atoms with E-state index in [0.29, 0.717) is 32.1 Å². The number of methoxy groups -OCH3 is 1. The van der Waals surface area contributed by atoms with E-state index in [2.05, 4.69) is 9.88 Å². The number of esters is 2. The number of hydrogen-bond donors (Lipinski definition) is 1. The highest BCUT2D eigenvalue weighted by atomic mass is 16.5. The van der Waals surface area contributed by atoms with Gasteiger partial charge in [-0.2, -0.15) is 0 Å². The largest absolute Gasteiger partial charge is 0.465 e. The highest BCUT2D eigenvalue weighted by molar-refractivity contribution is 5.93. The van der Waals surface area contributed by atoms with E-state index in [9.17, 15) is 14.4 Å². The van der Waals surface area contributed by atoms with Gasteiger partial charge in [-0.25, -0.2) is 9.78 Å². The van der Waals surface area contributed by atoms with Crippen LogP contribution in [0.5, 0.6) is 0 Å². The molecular weight excluding hydrogens is 464 g/mol. The molecule has 0 spiro atoms. The average molecular weight is 495 g/mol. The Morgan fingerprint density at radius 1 is 1.14 bits per heavy atom. The third-order valence-corrected chi connectivity index (χ3v) is 6.27. The smallest absolute Gasteiger partial charge is 0.337 e. The number of nitrogens with zero attached hydrogens (tertiary/aromatic N) is 3. The number of allylic oxidation sites excluding steroid dienone is 1. The molecule has 1 aliphatic carbocycles. The number of aromatic nitrogens is 2. The molecule has 2 heterocycles. The van der Waals surface area contributed by atoms with Gasteiger partial charge in [-0.3, -0.25) is 14.5 Å². The van der Waals surface area contributed by atoms with Crippen molar-refractivity contribution in [3.63, 3.8) is 0 Å². The van der Waals surface area contributed by atoms with Crippen LogP contribution in [0, 0.1) is 5.92 Å². The van der Waals surface area contributed by atoms with Crippen molar-refractivity contribution in [1.29, 1.82) is 0 Å². The molecule has 2 unspecified atom stereocenters. The van der Waals surface area contributed by atoms with Gasteiger partial charge in [0.05, 0.1) is 37.7 Å². The third kappa shape index (κ3) is 6.07. The molecular formula is C26H30N4O6. The molecule has 1 saturated heterocycles. The molecule has 190 valence electrons. The summed E-state index contributed by atoms with van der Waals surface area (Å²) in [5.74, 6) is -2.65. The van der Waals surface area contributed by atoms with Crippen LogP contribution in [-0.2, 0) is 37.0 Å². The maximum absolute atomic E-state index is 13.3. The van der Waals surface area contributed by atoms with Crippen molar-refractivity contribution in [2.75, 3.05) is 40.0 Å².